The fraction of sp³-hybridized carbons (Fsp3) is 1.00. The largest absolute Gasteiger partial charge is 0.406 e. The van der Waals surface area contributed by atoms with Gasteiger partial charge in [-0.15, -0.1) is 0 Å². The molecule has 0 radical (unpaired) electrons. The van der Waals surface area contributed by atoms with Crippen LogP contribution >= 0.6 is 0 Å². The van der Waals surface area contributed by atoms with E-state index in [1.165, 1.54) is 0 Å². The normalized spacial score (nSPS) is 14.2. The molecule has 0 fully saturated rings. The van der Waals surface area contributed by atoms with Crippen LogP contribution in [0.5, 0.6) is 0 Å². The molecule has 0 unspecified atom stereocenters. The van der Waals surface area contributed by atoms with Crippen LogP contribution in [0, 0.1) is 0 Å². The van der Waals surface area contributed by atoms with Crippen molar-refractivity contribution in [2.24, 2.45) is 0 Å². The minimum absolute atomic E-state index is 0.382. The van der Waals surface area contributed by atoms with E-state index in [4.69, 9.17) is 15.3 Å². The summed E-state index contributed by atoms with van der Waals surface area (Å²) in [6.45, 7) is 0.382. The first-order valence-corrected chi connectivity index (χ1v) is 1.80. The van der Waals surface area contributed by atoms with Gasteiger partial charge < -0.3 is 15.3 Å². The Morgan fingerprint density at radius 1 is 1.12 bits per heavy atom. The van der Waals surface area contributed by atoms with Gasteiger partial charge in [-0.25, -0.2) is 0 Å². The van der Waals surface area contributed by atoms with Gasteiger partial charge in [-0.2, -0.15) is 8.78 Å². The molecular formula is C3H6F2O3. The van der Waals surface area contributed by atoms with E-state index in [9.17, 15) is 8.78 Å². The Morgan fingerprint density at radius 3 is 1.25 bits per heavy atom. The molecule has 0 rings (SSSR count). The van der Waals surface area contributed by atoms with Crippen molar-refractivity contribution in [3.63, 3.8) is 0 Å². The van der Waals surface area contributed by atoms with Gasteiger partial charge in [0.2, 0.25) is 0 Å². The quantitative estimate of drug-likeness (QED) is 0.408. The first kappa shape index (κ1) is 7.74. The van der Waals surface area contributed by atoms with Gasteiger partial charge in [-0.3, -0.25) is 0 Å². The second-order valence-corrected chi connectivity index (χ2v) is 1.56. The van der Waals surface area contributed by atoms with E-state index in [1.807, 2.05) is 0 Å². The summed E-state index contributed by atoms with van der Waals surface area (Å²) in [5.41, 5.74) is 0. The summed E-state index contributed by atoms with van der Waals surface area (Å²) >= 11 is 0. The van der Waals surface area contributed by atoms with Crippen LogP contribution in [-0.2, 0) is 0 Å². The van der Waals surface area contributed by atoms with E-state index in [0.29, 0.717) is 6.92 Å². The number of aliphatic hydroxyl groups is 3. The summed E-state index contributed by atoms with van der Waals surface area (Å²) in [4.78, 5) is 0. The fourth-order valence-electron chi connectivity index (χ4n) is 0. The third-order valence-corrected chi connectivity index (χ3v) is 0.570. The van der Waals surface area contributed by atoms with E-state index in [1.54, 1.807) is 0 Å². The molecule has 3 N–H and O–H groups in total. The Hall–Kier alpha value is -0.260. The highest BCUT2D eigenvalue weighted by Gasteiger charge is 2.46. The molecule has 0 bridgehead atoms. The Bertz CT molecular complexity index is 67.5. The summed E-state index contributed by atoms with van der Waals surface area (Å²) < 4.78 is 22.6. The van der Waals surface area contributed by atoms with Crippen molar-refractivity contribution in [2.45, 2.75) is 18.8 Å². The average Bonchev–Trinajstić information content (AvgIpc) is 1.25. The van der Waals surface area contributed by atoms with Gasteiger partial charge in [0.25, 0.3) is 5.79 Å². The van der Waals surface area contributed by atoms with Gasteiger partial charge in [0.05, 0.1) is 0 Å². The maximum atomic E-state index is 11.3. The van der Waals surface area contributed by atoms with E-state index in [-0.39, 0.29) is 0 Å². The molecule has 8 heavy (non-hydrogen) atoms. The van der Waals surface area contributed by atoms with Crippen molar-refractivity contribution >= 4 is 0 Å². The Morgan fingerprint density at radius 2 is 1.25 bits per heavy atom. The van der Waals surface area contributed by atoms with Gasteiger partial charge in [-0.05, 0) is 6.92 Å². The third-order valence-electron chi connectivity index (χ3n) is 0.570. The average molecular weight is 128 g/mol. The molecule has 0 aliphatic rings. The maximum absolute atomic E-state index is 11.3. The molecular weight excluding hydrogens is 122 g/mol. The van der Waals surface area contributed by atoms with Crippen LogP contribution in [0.2, 0.25) is 0 Å². The van der Waals surface area contributed by atoms with E-state index in [0.717, 1.165) is 0 Å². The molecule has 0 saturated heterocycles. The molecule has 0 heterocycles. The van der Waals surface area contributed by atoms with E-state index >= 15 is 0 Å². The molecule has 0 amide bonds. The third kappa shape index (κ3) is 1.69. The molecule has 0 spiro atoms. The van der Waals surface area contributed by atoms with Crippen LogP contribution in [0.15, 0.2) is 0 Å². The zero-order valence-corrected chi connectivity index (χ0v) is 4.10. The molecule has 0 atom stereocenters. The highest BCUT2D eigenvalue weighted by atomic mass is 19.3. The van der Waals surface area contributed by atoms with E-state index in [2.05, 4.69) is 0 Å². The first-order valence-electron chi connectivity index (χ1n) is 1.80. The first-order chi connectivity index (χ1) is 3.25. The zero-order chi connectivity index (χ0) is 7.00. The Labute approximate surface area is 44.2 Å². The van der Waals surface area contributed by atoms with Gasteiger partial charge in [0, 0.05) is 0 Å². The topological polar surface area (TPSA) is 60.7 Å². The molecule has 0 aliphatic carbocycles. The van der Waals surface area contributed by atoms with Gasteiger partial charge >= 0.3 is 6.11 Å². The second-order valence-electron chi connectivity index (χ2n) is 1.56. The van der Waals surface area contributed by atoms with Gasteiger partial charge in [-0.1, -0.05) is 0 Å². The molecule has 0 aromatic heterocycles. The highest BCUT2D eigenvalue weighted by Crippen LogP contribution is 2.21. The summed E-state index contributed by atoms with van der Waals surface area (Å²) in [6.07, 6.45) is -4.45. The lowest BCUT2D eigenvalue weighted by molar-refractivity contribution is -0.373. The number of hydrogen-bond acceptors (Lipinski definition) is 3. The molecule has 0 aromatic carbocycles. The van der Waals surface area contributed by atoms with Crippen molar-refractivity contribution in [3.05, 3.63) is 0 Å². The summed E-state index contributed by atoms with van der Waals surface area (Å²) in [7, 11) is 0. The minimum Gasteiger partial charge on any atom is -0.359 e. The molecule has 0 saturated carbocycles. The monoisotopic (exact) mass is 128 g/mol. The smallest absolute Gasteiger partial charge is 0.359 e. The maximum Gasteiger partial charge on any atom is 0.406 e. The predicted molar refractivity (Wildman–Crippen MR) is 20.0 cm³/mol. The van der Waals surface area contributed by atoms with Crippen molar-refractivity contribution in [1.29, 1.82) is 0 Å². The molecule has 0 aromatic rings. The van der Waals surface area contributed by atoms with Gasteiger partial charge in [0.15, 0.2) is 0 Å². The standard InChI is InChI=1S/C3H6F2O3/c1-2(6,7)3(4,5)8/h6-8H,1H3. The van der Waals surface area contributed by atoms with Gasteiger partial charge in [0.1, 0.15) is 0 Å². The summed E-state index contributed by atoms with van der Waals surface area (Å²) in [5, 5.41) is 23.3. The number of hydrogen-bond donors (Lipinski definition) is 3. The number of alkyl halides is 2. The molecule has 0 aliphatic heterocycles. The van der Waals surface area contributed by atoms with Crippen LogP contribution in [0.25, 0.3) is 0 Å². The lowest BCUT2D eigenvalue weighted by Crippen LogP contribution is -2.44. The van der Waals surface area contributed by atoms with Crippen molar-refractivity contribution in [3.8, 4) is 0 Å². The molecule has 3 nitrogen and oxygen atoms in total. The Balaban J connectivity index is 4.02. The molecule has 50 valence electrons. The number of rotatable bonds is 1. The predicted octanol–water partition coefficient (Wildman–Crippen LogP) is -0.728. The SMILES string of the molecule is CC(O)(O)C(O)(F)F. The van der Waals surface area contributed by atoms with Crippen molar-refractivity contribution in [2.75, 3.05) is 0 Å². The Kier molecular flexibility index (Phi) is 1.56. The lowest BCUT2D eigenvalue weighted by Gasteiger charge is -2.20. The summed E-state index contributed by atoms with van der Waals surface area (Å²) in [6, 6.07) is 0. The van der Waals surface area contributed by atoms with Crippen molar-refractivity contribution in [1.82, 2.24) is 0 Å². The number of halogens is 2. The highest BCUT2D eigenvalue weighted by molar-refractivity contribution is 4.65. The van der Waals surface area contributed by atoms with E-state index < -0.39 is 11.9 Å². The summed E-state index contributed by atoms with van der Waals surface area (Å²) in [5.74, 6) is -3.34. The van der Waals surface area contributed by atoms with Crippen LogP contribution in [0.1, 0.15) is 6.92 Å². The van der Waals surface area contributed by atoms with Crippen LogP contribution in [0.4, 0.5) is 8.78 Å². The van der Waals surface area contributed by atoms with Crippen molar-refractivity contribution < 1.29 is 24.1 Å². The second kappa shape index (κ2) is 1.61. The zero-order valence-electron chi connectivity index (χ0n) is 4.10. The minimum atomic E-state index is -4.45. The van der Waals surface area contributed by atoms with Crippen LogP contribution < -0.4 is 0 Å². The molecule has 5 heteroatoms. The van der Waals surface area contributed by atoms with Crippen LogP contribution in [-0.4, -0.2) is 27.2 Å². The van der Waals surface area contributed by atoms with Crippen LogP contribution in [0.3, 0.4) is 0 Å². The lowest BCUT2D eigenvalue weighted by atomic mass is 10.3. The fourth-order valence-corrected chi connectivity index (χ4v) is 0.